The van der Waals surface area contributed by atoms with Gasteiger partial charge in [-0.15, -0.1) is 0 Å². The lowest BCUT2D eigenvalue weighted by molar-refractivity contribution is -0.136. The third kappa shape index (κ3) is 2.20. The van der Waals surface area contributed by atoms with E-state index in [0.29, 0.717) is 6.04 Å². The van der Waals surface area contributed by atoms with Crippen molar-refractivity contribution in [3.05, 3.63) is 0 Å². The van der Waals surface area contributed by atoms with E-state index in [1.807, 2.05) is 4.90 Å². The molecule has 2 rings (SSSR count). The summed E-state index contributed by atoms with van der Waals surface area (Å²) in [6.45, 7) is 10.0. The number of carbonyl (C=O) groups is 1. The molecule has 0 aromatic carbocycles. The molecule has 4 heteroatoms. The number of ether oxygens (including phenoxy) is 1. The highest BCUT2D eigenvalue weighted by Crippen LogP contribution is 2.34. The molecule has 17 heavy (non-hydrogen) atoms. The molecule has 2 saturated heterocycles. The lowest BCUT2D eigenvalue weighted by Crippen LogP contribution is -2.54. The maximum absolute atomic E-state index is 12.4. The molecular weight excluding hydrogens is 216 g/mol. The fraction of sp³-hybridized carbons (Fsp3) is 0.923. The van der Waals surface area contributed by atoms with Crippen LogP contribution in [0.2, 0.25) is 0 Å². The van der Waals surface area contributed by atoms with Crippen molar-refractivity contribution in [1.29, 1.82) is 0 Å². The minimum absolute atomic E-state index is 0.000347. The number of nitrogens with one attached hydrogen (secondary N) is 1. The first-order chi connectivity index (χ1) is 7.95. The van der Waals surface area contributed by atoms with Crippen LogP contribution in [0.3, 0.4) is 0 Å². The van der Waals surface area contributed by atoms with Gasteiger partial charge in [0.2, 0.25) is 5.91 Å². The molecular formula is C13H24N2O2. The van der Waals surface area contributed by atoms with E-state index in [0.717, 1.165) is 26.0 Å². The van der Waals surface area contributed by atoms with Crippen LogP contribution in [0.4, 0.5) is 0 Å². The molecule has 0 spiro atoms. The van der Waals surface area contributed by atoms with Crippen molar-refractivity contribution >= 4 is 5.91 Å². The van der Waals surface area contributed by atoms with Crippen molar-refractivity contribution in [2.24, 2.45) is 0 Å². The second kappa shape index (κ2) is 4.58. The van der Waals surface area contributed by atoms with Crippen LogP contribution in [-0.4, -0.2) is 47.7 Å². The molecule has 1 N–H and O–H groups in total. The third-order valence-electron chi connectivity index (χ3n) is 4.21. The first-order valence-electron chi connectivity index (χ1n) is 6.64. The zero-order chi connectivity index (χ0) is 12.6. The van der Waals surface area contributed by atoms with Gasteiger partial charge in [-0.2, -0.15) is 0 Å². The lowest BCUT2D eigenvalue weighted by atomic mass is 9.92. The second-order valence-electron chi connectivity index (χ2n) is 5.77. The molecule has 2 aliphatic rings. The summed E-state index contributed by atoms with van der Waals surface area (Å²) in [4.78, 5) is 14.4. The molecule has 4 nitrogen and oxygen atoms in total. The van der Waals surface area contributed by atoms with Crippen LogP contribution in [0, 0.1) is 0 Å². The van der Waals surface area contributed by atoms with Crippen molar-refractivity contribution in [2.75, 3.05) is 13.2 Å². The summed E-state index contributed by atoms with van der Waals surface area (Å²) >= 11 is 0. The SMILES string of the molecule is CC(C)NC1CCN(C2(C)CCOC2C)C1=O. The van der Waals surface area contributed by atoms with Gasteiger partial charge in [0.1, 0.15) is 0 Å². The fourth-order valence-electron chi connectivity index (χ4n) is 2.92. The average Bonchev–Trinajstić information content (AvgIpc) is 2.74. The smallest absolute Gasteiger partial charge is 0.240 e. The molecule has 2 heterocycles. The number of hydrogen-bond acceptors (Lipinski definition) is 3. The largest absolute Gasteiger partial charge is 0.376 e. The highest BCUT2D eigenvalue weighted by Gasteiger charge is 2.48. The topological polar surface area (TPSA) is 41.6 Å². The number of amides is 1. The quantitative estimate of drug-likeness (QED) is 0.804. The molecule has 98 valence electrons. The molecule has 3 unspecified atom stereocenters. The Bertz CT molecular complexity index is 306. The van der Waals surface area contributed by atoms with Gasteiger partial charge < -0.3 is 15.0 Å². The predicted octanol–water partition coefficient (Wildman–Crippen LogP) is 1.15. The van der Waals surface area contributed by atoms with E-state index in [4.69, 9.17) is 4.74 Å². The highest BCUT2D eigenvalue weighted by atomic mass is 16.5. The summed E-state index contributed by atoms with van der Waals surface area (Å²) in [6, 6.07) is 0.355. The van der Waals surface area contributed by atoms with Crippen molar-refractivity contribution in [1.82, 2.24) is 10.2 Å². The standard InChI is InChI=1S/C13H24N2O2/c1-9(2)14-11-5-7-15(12(11)16)13(4)6-8-17-10(13)3/h9-11,14H,5-8H2,1-4H3. The van der Waals surface area contributed by atoms with E-state index in [9.17, 15) is 4.79 Å². The number of rotatable bonds is 3. The lowest BCUT2D eigenvalue weighted by Gasteiger charge is -2.38. The Morgan fingerprint density at radius 2 is 2.24 bits per heavy atom. The van der Waals surface area contributed by atoms with Gasteiger partial charge in [-0.05, 0) is 26.7 Å². The molecule has 0 radical (unpaired) electrons. The molecule has 2 fully saturated rings. The highest BCUT2D eigenvalue weighted by molar-refractivity contribution is 5.84. The molecule has 0 aromatic heterocycles. The Morgan fingerprint density at radius 3 is 2.76 bits per heavy atom. The fourth-order valence-corrected chi connectivity index (χ4v) is 2.92. The third-order valence-corrected chi connectivity index (χ3v) is 4.21. The van der Waals surface area contributed by atoms with E-state index in [2.05, 4.69) is 33.0 Å². The summed E-state index contributed by atoms with van der Waals surface area (Å²) in [6.07, 6.45) is 2.01. The summed E-state index contributed by atoms with van der Waals surface area (Å²) < 4.78 is 5.63. The molecule has 2 aliphatic heterocycles. The van der Waals surface area contributed by atoms with Gasteiger partial charge in [-0.25, -0.2) is 0 Å². The molecule has 0 saturated carbocycles. The van der Waals surface area contributed by atoms with E-state index in [1.54, 1.807) is 0 Å². The Balaban J connectivity index is 2.07. The van der Waals surface area contributed by atoms with Crippen molar-refractivity contribution in [2.45, 2.75) is 64.3 Å². The van der Waals surface area contributed by atoms with Crippen LogP contribution in [0.25, 0.3) is 0 Å². The van der Waals surface area contributed by atoms with Crippen LogP contribution < -0.4 is 5.32 Å². The zero-order valence-corrected chi connectivity index (χ0v) is 11.3. The van der Waals surface area contributed by atoms with Gasteiger partial charge in [0.05, 0.1) is 17.7 Å². The molecule has 0 bridgehead atoms. The van der Waals surface area contributed by atoms with E-state index < -0.39 is 0 Å². The Morgan fingerprint density at radius 1 is 1.53 bits per heavy atom. The summed E-state index contributed by atoms with van der Waals surface area (Å²) in [7, 11) is 0. The maximum Gasteiger partial charge on any atom is 0.240 e. The number of likely N-dealkylation sites (tertiary alicyclic amines) is 1. The van der Waals surface area contributed by atoms with Crippen LogP contribution in [0.5, 0.6) is 0 Å². The van der Waals surface area contributed by atoms with Crippen molar-refractivity contribution < 1.29 is 9.53 Å². The molecule has 0 aromatic rings. The first-order valence-corrected chi connectivity index (χ1v) is 6.64. The maximum atomic E-state index is 12.4. The van der Waals surface area contributed by atoms with E-state index >= 15 is 0 Å². The first kappa shape index (κ1) is 12.8. The van der Waals surface area contributed by atoms with Crippen LogP contribution in [0.15, 0.2) is 0 Å². The average molecular weight is 240 g/mol. The van der Waals surface area contributed by atoms with Crippen LogP contribution in [-0.2, 0) is 9.53 Å². The summed E-state index contributed by atoms with van der Waals surface area (Å²) in [5.41, 5.74) is -0.107. The van der Waals surface area contributed by atoms with Gasteiger partial charge in [0.25, 0.3) is 0 Å². The van der Waals surface area contributed by atoms with Gasteiger partial charge >= 0.3 is 0 Å². The zero-order valence-electron chi connectivity index (χ0n) is 11.3. The van der Waals surface area contributed by atoms with Crippen molar-refractivity contribution in [3.8, 4) is 0 Å². The van der Waals surface area contributed by atoms with Gasteiger partial charge in [-0.1, -0.05) is 13.8 Å². The van der Waals surface area contributed by atoms with Gasteiger partial charge in [0.15, 0.2) is 0 Å². The monoisotopic (exact) mass is 240 g/mol. The van der Waals surface area contributed by atoms with E-state index in [-0.39, 0.29) is 23.6 Å². The summed E-state index contributed by atoms with van der Waals surface area (Å²) in [5.74, 6) is 0.249. The number of nitrogens with zero attached hydrogens (tertiary/aromatic N) is 1. The Kier molecular flexibility index (Phi) is 3.46. The molecule has 3 atom stereocenters. The Hall–Kier alpha value is -0.610. The van der Waals surface area contributed by atoms with Crippen LogP contribution in [0.1, 0.15) is 40.5 Å². The van der Waals surface area contributed by atoms with Gasteiger partial charge in [0, 0.05) is 19.2 Å². The number of carbonyl (C=O) groups excluding carboxylic acids is 1. The summed E-state index contributed by atoms with van der Waals surface area (Å²) in [5, 5.41) is 3.34. The predicted molar refractivity (Wildman–Crippen MR) is 66.8 cm³/mol. The second-order valence-corrected chi connectivity index (χ2v) is 5.77. The number of hydrogen-bond donors (Lipinski definition) is 1. The normalized spacial score (nSPS) is 38.4. The van der Waals surface area contributed by atoms with Crippen LogP contribution >= 0.6 is 0 Å². The van der Waals surface area contributed by atoms with E-state index in [1.165, 1.54) is 0 Å². The molecule has 0 aliphatic carbocycles. The minimum Gasteiger partial charge on any atom is -0.376 e. The minimum atomic E-state index is -0.107. The molecule has 1 amide bonds. The Labute approximate surface area is 104 Å². The van der Waals surface area contributed by atoms with Crippen molar-refractivity contribution in [3.63, 3.8) is 0 Å². The van der Waals surface area contributed by atoms with Gasteiger partial charge in [-0.3, -0.25) is 4.79 Å².